The Bertz CT molecular complexity index is 378. The highest BCUT2D eigenvalue weighted by Gasteiger charge is 2.22. The van der Waals surface area contributed by atoms with Crippen LogP contribution in [0.1, 0.15) is 31.7 Å². The molecule has 0 saturated heterocycles. The Labute approximate surface area is 90.9 Å². The van der Waals surface area contributed by atoms with Crippen LogP contribution in [-0.4, -0.2) is 6.04 Å². The standard InChI is InChI=1S/C13H16N2/c1-10-4-2-7-13(10)15-12-6-3-5-11(8-12)9-14/h3,5-6,8,10,13,15H,2,4,7H2,1H3/t10-,13+/m1/s1. The Balaban J connectivity index is 2.07. The van der Waals surface area contributed by atoms with Crippen molar-refractivity contribution in [2.24, 2.45) is 5.92 Å². The number of hydrogen-bond acceptors (Lipinski definition) is 2. The second kappa shape index (κ2) is 4.35. The fourth-order valence-corrected chi connectivity index (χ4v) is 2.25. The summed E-state index contributed by atoms with van der Waals surface area (Å²) in [6.07, 6.45) is 3.88. The molecule has 1 aliphatic rings. The molecule has 0 heterocycles. The monoisotopic (exact) mass is 200 g/mol. The lowest BCUT2D eigenvalue weighted by Gasteiger charge is -2.18. The zero-order valence-electron chi connectivity index (χ0n) is 9.03. The summed E-state index contributed by atoms with van der Waals surface area (Å²) in [5, 5.41) is 12.3. The third-order valence-corrected chi connectivity index (χ3v) is 3.21. The van der Waals surface area contributed by atoms with Crippen molar-refractivity contribution in [1.29, 1.82) is 5.26 Å². The number of hydrogen-bond donors (Lipinski definition) is 1. The molecule has 1 fully saturated rings. The Morgan fingerprint density at radius 2 is 2.27 bits per heavy atom. The Hall–Kier alpha value is -1.49. The van der Waals surface area contributed by atoms with E-state index in [1.807, 2.05) is 24.3 Å². The molecule has 1 saturated carbocycles. The molecule has 78 valence electrons. The van der Waals surface area contributed by atoms with Crippen molar-refractivity contribution in [3.8, 4) is 6.07 Å². The van der Waals surface area contributed by atoms with Crippen LogP contribution in [0, 0.1) is 17.2 Å². The molecule has 15 heavy (non-hydrogen) atoms. The van der Waals surface area contributed by atoms with Gasteiger partial charge >= 0.3 is 0 Å². The summed E-state index contributed by atoms with van der Waals surface area (Å²) in [6.45, 7) is 2.29. The zero-order valence-corrected chi connectivity index (χ0v) is 9.03. The van der Waals surface area contributed by atoms with Gasteiger partial charge in [-0.05, 0) is 37.0 Å². The molecule has 2 rings (SSSR count). The molecule has 0 unspecified atom stereocenters. The number of nitrogens with zero attached hydrogens (tertiary/aromatic N) is 1. The van der Waals surface area contributed by atoms with E-state index in [2.05, 4.69) is 18.3 Å². The van der Waals surface area contributed by atoms with E-state index in [9.17, 15) is 0 Å². The van der Waals surface area contributed by atoms with Crippen LogP contribution >= 0.6 is 0 Å². The van der Waals surface area contributed by atoms with Gasteiger partial charge in [-0.3, -0.25) is 0 Å². The lowest BCUT2D eigenvalue weighted by molar-refractivity contribution is 0.556. The number of rotatable bonds is 2. The van der Waals surface area contributed by atoms with Crippen molar-refractivity contribution in [3.05, 3.63) is 29.8 Å². The van der Waals surface area contributed by atoms with Gasteiger partial charge in [0.1, 0.15) is 0 Å². The van der Waals surface area contributed by atoms with E-state index in [0.717, 1.165) is 17.2 Å². The molecular weight excluding hydrogens is 184 g/mol. The Morgan fingerprint density at radius 1 is 1.40 bits per heavy atom. The Kier molecular flexibility index (Phi) is 2.91. The lowest BCUT2D eigenvalue weighted by atomic mass is 10.1. The van der Waals surface area contributed by atoms with Gasteiger partial charge < -0.3 is 5.32 Å². The van der Waals surface area contributed by atoms with Crippen LogP contribution in [0.2, 0.25) is 0 Å². The van der Waals surface area contributed by atoms with Gasteiger partial charge in [-0.2, -0.15) is 5.26 Å². The molecule has 1 N–H and O–H groups in total. The number of nitriles is 1. The molecular formula is C13H16N2. The molecule has 1 aromatic rings. The maximum absolute atomic E-state index is 8.80. The number of benzene rings is 1. The predicted molar refractivity (Wildman–Crippen MR) is 61.6 cm³/mol. The van der Waals surface area contributed by atoms with Crippen molar-refractivity contribution in [2.45, 2.75) is 32.2 Å². The highest BCUT2D eigenvalue weighted by atomic mass is 14.9. The van der Waals surface area contributed by atoms with Crippen molar-refractivity contribution >= 4 is 5.69 Å². The first-order valence-electron chi connectivity index (χ1n) is 5.56. The van der Waals surface area contributed by atoms with Gasteiger partial charge in [-0.1, -0.05) is 19.4 Å². The topological polar surface area (TPSA) is 35.8 Å². The van der Waals surface area contributed by atoms with Gasteiger partial charge in [0, 0.05) is 11.7 Å². The molecule has 0 aliphatic heterocycles. The van der Waals surface area contributed by atoms with Gasteiger partial charge in [0.15, 0.2) is 0 Å². The van der Waals surface area contributed by atoms with E-state index >= 15 is 0 Å². The highest BCUT2D eigenvalue weighted by Crippen LogP contribution is 2.28. The molecule has 0 radical (unpaired) electrons. The van der Waals surface area contributed by atoms with Crippen LogP contribution in [0.15, 0.2) is 24.3 Å². The maximum atomic E-state index is 8.80. The van der Waals surface area contributed by atoms with E-state index in [1.54, 1.807) is 0 Å². The molecule has 0 aromatic heterocycles. The van der Waals surface area contributed by atoms with Gasteiger partial charge in [0.05, 0.1) is 11.6 Å². The zero-order chi connectivity index (χ0) is 10.7. The first kappa shape index (κ1) is 10.0. The lowest BCUT2D eigenvalue weighted by Crippen LogP contribution is -2.21. The maximum Gasteiger partial charge on any atom is 0.0992 e. The van der Waals surface area contributed by atoms with Gasteiger partial charge in [-0.25, -0.2) is 0 Å². The summed E-state index contributed by atoms with van der Waals surface area (Å²) in [4.78, 5) is 0. The average molecular weight is 200 g/mol. The molecule has 0 bridgehead atoms. The van der Waals surface area contributed by atoms with E-state index in [-0.39, 0.29) is 0 Å². The molecule has 2 heteroatoms. The summed E-state index contributed by atoms with van der Waals surface area (Å²) in [5.41, 5.74) is 1.80. The van der Waals surface area contributed by atoms with E-state index in [1.165, 1.54) is 19.3 Å². The van der Waals surface area contributed by atoms with Crippen molar-refractivity contribution in [3.63, 3.8) is 0 Å². The highest BCUT2D eigenvalue weighted by molar-refractivity contribution is 5.49. The average Bonchev–Trinajstić information content (AvgIpc) is 2.65. The SMILES string of the molecule is C[C@@H]1CCC[C@@H]1Nc1cccc(C#N)c1. The minimum Gasteiger partial charge on any atom is -0.382 e. The molecule has 2 nitrogen and oxygen atoms in total. The van der Waals surface area contributed by atoms with Crippen molar-refractivity contribution in [2.75, 3.05) is 5.32 Å². The van der Waals surface area contributed by atoms with E-state index < -0.39 is 0 Å². The van der Waals surface area contributed by atoms with Crippen molar-refractivity contribution < 1.29 is 0 Å². The minimum atomic E-state index is 0.582. The number of nitrogens with one attached hydrogen (secondary N) is 1. The van der Waals surface area contributed by atoms with Crippen LogP contribution < -0.4 is 5.32 Å². The number of anilines is 1. The van der Waals surface area contributed by atoms with Gasteiger partial charge in [0.2, 0.25) is 0 Å². The van der Waals surface area contributed by atoms with Crippen LogP contribution in [0.3, 0.4) is 0 Å². The normalized spacial score (nSPS) is 24.8. The largest absolute Gasteiger partial charge is 0.382 e. The minimum absolute atomic E-state index is 0.582. The van der Waals surface area contributed by atoms with Crippen LogP contribution in [0.25, 0.3) is 0 Å². The second-order valence-electron chi connectivity index (χ2n) is 4.35. The smallest absolute Gasteiger partial charge is 0.0992 e. The Morgan fingerprint density at radius 3 is 2.93 bits per heavy atom. The fraction of sp³-hybridized carbons (Fsp3) is 0.462. The fourth-order valence-electron chi connectivity index (χ4n) is 2.25. The third-order valence-electron chi connectivity index (χ3n) is 3.21. The van der Waals surface area contributed by atoms with Crippen LogP contribution in [-0.2, 0) is 0 Å². The van der Waals surface area contributed by atoms with Crippen LogP contribution in [0.4, 0.5) is 5.69 Å². The summed E-state index contributed by atoms with van der Waals surface area (Å²) >= 11 is 0. The second-order valence-corrected chi connectivity index (χ2v) is 4.35. The van der Waals surface area contributed by atoms with Crippen LogP contribution in [0.5, 0.6) is 0 Å². The van der Waals surface area contributed by atoms with Crippen molar-refractivity contribution in [1.82, 2.24) is 0 Å². The van der Waals surface area contributed by atoms with Gasteiger partial charge in [0.25, 0.3) is 0 Å². The third kappa shape index (κ3) is 2.30. The first-order chi connectivity index (χ1) is 7.29. The van der Waals surface area contributed by atoms with Gasteiger partial charge in [-0.15, -0.1) is 0 Å². The van der Waals surface area contributed by atoms with E-state index in [0.29, 0.717) is 6.04 Å². The summed E-state index contributed by atoms with van der Waals surface area (Å²) < 4.78 is 0. The first-order valence-corrected chi connectivity index (χ1v) is 5.56. The summed E-state index contributed by atoms with van der Waals surface area (Å²) in [7, 11) is 0. The quantitative estimate of drug-likeness (QED) is 0.796. The summed E-state index contributed by atoms with van der Waals surface area (Å²) in [6, 6.07) is 10.5. The molecule has 0 amide bonds. The molecule has 0 spiro atoms. The summed E-state index contributed by atoms with van der Waals surface area (Å²) in [5.74, 6) is 0.746. The molecule has 1 aromatic carbocycles. The molecule has 1 aliphatic carbocycles. The van der Waals surface area contributed by atoms with E-state index in [4.69, 9.17) is 5.26 Å². The predicted octanol–water partition coefficient (Wildman–Crippen LogP) is 3.16. The molecule has 2 atom stereocenters.